The van der Waals surface area contributed by atoms with Crippen molar-refractivity contribution >= 4 is 5.91 Å². The van der Waals surface area contributed by atoms with Crippen LogP contribution in [0, 0.1) is 11.5 Å². The van der Waals surface area contributed by atoms with Crippen molar-refractivity contribution in [3.8, 4) is 17.7 Å². The molecule has 1 rings (SSSR count). The third-order valence-electron chi connectivity index (χ3n) is 2.62. The molecule has 0 fully saturated rings. The number of carbonyl (C=O) groups excluding carboxylic acids is 1. The van der Waals surface area contributed by atoms with E-state index in [0.717, 1.165) is 17.7 Å². The van der Waals surface area contributed by atoms with Crippen LogP contribution in [0.1, 0.15) is 26.7 Å². The predicted molar refractivity (Wildman–Crippen MR) is 70.4 cm³/mol. The number of aromatic hydroxyl groups is 1. The summed E-state index contributed by atoms with van der Waals surface area (Å²) in [5.41, 5.74) is 0. The van der Waals surface area contributed by atoms with Gasteiger partial charge in [0.1, 0.15) is 11.5 Å². The highest BCUT2D eigenvalue weighted by Crippen LogP contribution is 2.17. The molecule has 1 amide bonds. The molecule has 1 atom stereocenters. The Morgan fingerprint density at radius 1 is 1.47 bits per heavy atom. The number of benzene rings is 1. The normalized spacial score (nSPS) is 11.4. The third kappa shape index (κ3) is 4.51. The number of rotatable bonds is 6. The smallest absolute Gasteiger partial charge is 0.276 e. The SMILES string of the molecule is CCCCN(C#N)C(=O)C(C)Oc1ccc(O)cc1. The average molecular weight is 262 g/mol. The Hall–Kier alpha value is -2.22. The number of carbonyl (C=O) groups is 1. The third-order valence-corrected chi connectivity index (χ3v) is 2.62. The van der Waals surface area contributed by atoms with Crippen LogP contribution in [-0.4, -0.2) is 28.6 Å². The molecule has 0 aliphatic carbocycles. The van der Waals surface area contributed by atoms with Crippen LogP contribution in [0.3, 0.4) is 0 Å². The number of nitriles is 1. The van der Waals surface area contributed by atoms with Crippen LogP contribution in [0.2, 0.25) is 0 Å². The number of phenolic OH excluding ortho intramolecular Hbond substituents is 1. The van der Waals surface area contributed by atoms with Gasteiger partial charge in [-0.1, -0.05) is 13.3 Å². The fourth-order valence-corrected chi connectivity index (χ4v) is 1.52. The van der Waals surface area contributed by atoms with Crippen LogP contribution in [0.5, 0.6) is 11.5 Å². The predicted octanol–water partition coefficient (Wildman–Crippen LogP) is 2.27. The monoisotopic (exact) mass is 262 g/mol. The Morgan fingerprint density at radius 3 is 2.63 bits per heavy atom. The summed E-state index contributed by atoms with van der Waals surface area (Å²) in [6.45, 7) is 4.01. The fraction of sp³-hybridized carbons (Fsp3) is 0.429. The van der Waals surface area contributed by atoms with Crippen LogP contribution in [-0.2, 0) is 4.79 Å². The number of amides is 1. The lowest BCUT2D eigenvalue weighted by Gasteiger charge is -2.19. The summed E-state index contributed by atoms with van der Waals surface area (Å²) in [6.07, 6.45) is 2.84. The molecular weight excluding hydrogens is 244 g/mol. The number of phenols is 1. The number of hydrogen-bond acceptors (Lipinski definition) is 4. The van der Waals surface area contributed by atoms with Gasteiger partial charge in [0, 0.05) is 6.54 Å². The number of unbranched alkanes of at least 4 members (excludes halogenated alkanes) is 1. The molecular formula is C14H18N2O3. The van der Waals surface area contributed by atoms with Crippen molar-refractivity contribution in [3.05, 3.63) is 24.3 Å². The minimum absolute atomic E-state index is 0.132. The molecule has 0 spiro atoms. The van der Waals surface area contributed by atoms with Crippen molar-refractivity contribution in [1.82, 2.24) is 4.90 Å². The van der Waals surface area contributed by atoms with E-state index in [9.17, 15) is 4.79 Å². The van der Waals surface area contributed by atoms with Gasteiger partial charge in [-0.15, -0.1) is 0 Å². The molecule has 5 heteroatoms. The number of nitrogens with zero attached hydrogens (tertiary/aromatic N) is 2. The summed E-state index contributed by atoms with van der Waals surface area (Å²) in [7, 11) is 0. The molecule has 0 bridgehead atoms. The summed E-state index contributed by atoms with van der Waals surface area (Å²) in [5.74, 6) is 0.254. The van der Waals surface area contributed by atoms with Crippen molar-refractivity contribution in [2.45, 2.75) is 32.8 Å². The van der Waals surface area contributed by atoms with E-state index in [0.29, 0.717) is 12.3 Å². The minimum atomic E-state index is -0.735. The van der Waals surface area contributed by atoms with E-state index >= 15 is 0 Å². The second-order valence-electron chi connectivity index (χ2n) is 4.20. The van der Waals surface area contributed by atoms with E-state index < -0.39 is 6.10 Å². The van der Waals surface area contributed by atoms with Crippen LogP contribution in [0.25, 0.3) is 0 Å². The van der Waals surface area contributed by atoms with Crippen molar-refractivity contribution in [2.24, 2.45) is 0 Å². The van der Waals surface area contributed by atoms with E-state index in [1.165, 1.54) is 12.1 Å². The van der Waals surface area contributed by atoms with Gasteiger partial charge in [-0.2, -0.15) is 5.26 Å². The Kier molecular flexibility index (Phi) is 5.68. The highest BCUT2D eigenvalue weighted by molar-refractivity contribution is 5.82. The summed E-state index contributed by atoms with van der Waals surface area (Å²) in [4.78, 5) is 13.1. The molecule has 0 saturated heterocycles. The first-order valence-electron chi connectivity index (χ1n) is 6.25. The topological polar surface area (TPSA) is 73.6 Å². The van der Waals surface area contributed by atoms with Gasteiger partial charge in [-0.3, -0.25) is 4.79 Å². The second-order valence-corrected chi connectivity index (χ2v) is 4.20. The van der Waals surface area contributed by atoms with Crippen molar-refractivity contribution in [1.29, 1.82) is 5.26 Å². The van der Waals surface area contributed by atoms with Crippen LogP contribution >= 0.6 is 0 Å². The fourth-order valence-electron chi connectivity index (χ4n) is 1.52. The van der Waals surface area contributed by atoms with Crippen molar-refractivity contribution in [3.63, 3.8) is 0 Å². The molecule has 1 aromatic rings. The van der Waals surface area contributed by atoms with Gasteiger partial charge in [-0.25, -0.2) is 4.90 Å². The first-order valence-corrected chi connectivity index (χ1v) is 6.25. The highest BCUT2D eigenvalue weighted by Gasteiger charge is 2.21. The highest BCUT2D eigenvalue weighted by atomic mass is 16.5. The number of ether oxygens (including phenoxy) is 1. The molecule has 1 unspecified atom stereocenters. The lowest BCUT2D eigenvalue weighted by Crippen LogP contribution is -2.38. The number of hydrogen-bond donors (Lipinski definition) is 1. The van der Waals surface area contributed by atoms with Gasteiger partial charge < -0.3 is 9.84 Å². The van der Waals surface area contributed by atoms with Gasteiger partial charge in [0.2, 0.25) is 0 Å². The first kappa shape index (κ1) is 14.8. The maximum Gasteiger partial charge on any atom is 0.276 e. The van der Waals surface area contributed by atoms with E-state index in [4.69, 9.17) is 15.1 Å². The molecule has 0 radical (unpaired) electrons. The van der Waals surface area contributed by atoms with Gasteiger partial charge in [0.25, 0.3) is 5.91 Å². The Morgan fingerprint density at radius 2 is 2.11 bits per heavy atom. The molecule has 0 saturated carbocycles. The van der Waals surface area contributed by atoms with Crippen LogP contribution in [0.15, 0.2) is 24.3 Å². The molecule has 0 heterocycles. The Balaban J connectivity index is 2.61. The standard InChI is InChI=1S/C14H18N2O3/c1-3-4-9-16(10-15)14(18)11(2)19-13-7-5-12(17)6-8-13/h5-8,11,17H,3-4,9H2,1-2H3. The van der Waals surface area contributed by atoms with E-state index in [-0.39, 0.29) is 11.7 Å². The molecule has 1 N–H and O–H groups in total. The average Bonchev–Trinajstić information content (AvgIpc) is 2.42. The zero-order chi connectivity index (χ0) is 14.3. The van der Waals surface area contributed by atoms with Crippen LogP contribution in [0.4, 0.5) is 0 Å². The minimum Gasteiger partial charge on any atom is -0.508 e. The summed E-state index contributed by atoms with van der Waals surface area (Å²) in [5, 5.41) is 18.1. The van der Waals surface area contributed by atoms with E-state index in [2.05, 4.69) is 0 Å². The van der Waals surface area contributed by atoms with Gasteiger partial charge in [0.15, 0.2) is 12.3 Å². The zero-order valence-corrected chi connectivity index (χ0v) is 11.2. The van der Waals surface area contributed by atoms with Crippen molar-refractivity contribution < 1.29 is 14.6 Å². The molecule has 102 valence electrons. The van der Waals surface area contributed by atoms with E-state index in [1.807, 2.05) is 13.1 Å². The molecule has 5 nitrogen and oxygen atoms in total. The molecule has 0 aliphatic rings. The van der Waals surface area contributed by atoms with E-state index in [1.54, 1.807) is 19.1 Å². The summed E-state index contributed by atoms with van der Waals surface area (Å²) < 4.78 is 5.44. The quantitative estimate of drug-likeness (QED) is 0.630. The van der Waals surface area contributed by atoms with Crippen molar-refractivity contribution in [2.75, 3.05) is 6.54 Å². The van der Waals surface area contributed by atoms with Gasteiger partial charge in [0.05, 0.1) is 0 Å². The first-order chi connectivity index (χ1) is 9.08. The second kappa shape index (κ2) is 7.27. The maximum absolute atomic E-state index is 12.0. The largest absolute Gasteiger partial charge is 0.508 e. The lowest BCUT2D eigenvalue weighted by atomic mass is 10.2. The Bertz CT molecular complexity index is 451. The maximum atomic E-state index is 12.0. The molecule has 1 aromatic carbocycles. The van der Waals surface area contributed by atoms with Crippen LogP contribution < -0.4 is 4.74 Å². The van der Waals surface area contributed by atoms with Gasteiger partial charge >= 0.3 is 0 Å². The lowest BCUT2D eigenvalue weighted by molar-refractivity contribution is -0.134. The summed E-state index contributed by atoms with van der Waals surface area (Å²) >= 11 is 0. The zero-order valence-electron chi connectivity index (χ0n) is 11.2. The Labute approximate surface area is 113 Å². The van der Waals surface area contributed by atoms with Gasteiger partial charge in [-0.05, 0) is 37.6 Å². The summed E-state index contributed by atoms with van der Waals surface area (Å²) in [6, 6.07) is 6.10. The molecule has 0 aliphatic heterocycles. The molecule has 0 aromatic heterocycles. The molecule has 19 heavy (non-hydrogen) atoms.